The smallest absolute Gasteiger partial charge is 0.286 e. The van der Waals surface area contributed by atoms with E-state index in [1.807, 2.05) is 18.2 Å². The van der Waals surface area contributed by atoms with Gasteiger partial charge in [0.1, 0.15) is 0 Å². The van der Waals surface area contributed by atoms with Crippen LogP contribution in [0.3, 0.4) is 0 Å². The lowest BCUT2D eigenvalue weighted by Gasteiger charge is -1.98. The second-order valence-corrected chi connectivity index (χ2v) is 5.63. The summed E-state index contributed by atoms with van der Waals surface area (Å²) in [5.41, 5.74) is 1.09. The van der Waals surface area contributed by atoms with Crippen molar-refractivity contribution < 1.29 is 4.79 Å². The molecule has 3 aromatic rings. The Kier molecular flexibility index (Phi) is 3.68. The molecule has 0 aliphatic carbocycles. The zero-order valence-electron chi connectivity index (χ0n) is 10.7. The first-order chi connectivity index (χ1) is 10.1. The number of hydrogen-bond donors (Lipinski definition) is 0. The van der Waals surface area contributed by atoms with Gasteiger partial charge in [0.25, 0.3) is 0 Å². The number of benzene rings is 2. The summed E-state index contributed by atoms with van der Waals surface area (Å²) in [6.07, 6.45) is 0. The number of aromatic nitrogens is 2. The molecule has 21 heavy (non-hydrogen) atoms. The van der Waals surface area contributed by atoms with E-state index in [0.717, 1.165) is 11.3 Å². The van der Waals surface area contributed by atoms with Crippen molar-refractivity contribution in [1.29, 1.82) is 0 Å². The minimum absolute atomic E-state index is 0.158. The van der Waals surface area contributed by atoms with Crippen LogP contribution in [-0.4, -0.2) is 15.6 Å². The average Bonchev–Trinajstić information content (AvgIpc) is 2.90. The van der Waals surface area contributed by atoms with E-state index in [0.29, 0.717) is 16.3 Å². The molecule has 0 aliphatic heterocycles. The van der Waals surface area contributed by atoms with Crippen molar-refractivity contribution in [2.24, 2.45) is 0 Å². The van der Waals surface area contributed by atoms with E-state index in [2.05, 4.69) is 5.10 Å². The van der Waals surface area contributed by atoms with E-state index < -0.39 is 0 Å². The predicted molar refractivity (Wildman–Crippen MR) is 82.6 cm³/mol. The van der Waals surface area contributed by atoms with E-state index in [4.69, 9.17) is 11.6 Å². The summed E-state index contributed by atoms with van der Waals surface area (Å²) < 4.78 is 1.23. The van der Waals surface area contributed by atoms with Gasteiger partial charge in [-0.3, -0.25) is 9.59 Å². The second kappa shape index (κ2) is 5.63. The molecule has 104 valence electrons. The molecule has 3 rings (SSSR count). The molecule has 1 aromatic heterocycles. The molecule has 0 saturated carbocycles. The van der Waals surface area contributed by atoms with Gasteiger partial charge in [0, 0.05) is 10.6 Å². The van der Waals surface area contributed by atoms with Gasteiger partial charge < -0.3 is 0 Å². The maximum atomic E-state index is 12.3. The molecule has 0 unspecified atom stereocenters. The van der Waals surface area contributed by atoms with Gasteiger partial charge in [-0.25, -0.2) is 0 Å². The zero-order chi connectivity index (χ0) is 14.8. The molecule has 0 radical (unpaired) electrons. The molecule has 0 saturated heterocycles. The summed E-state index contributed by atoms with van der Waals surface area (Å²) >= 11 is 6.62. The van der Waals surface area contributed by atoms with Crippen LogP contribution in [0, 0.1) is 0 Å². The SMILES string of the molecule is O=C(c1ccc(Cl)cc1)c1nn(-c2ccccc2)c(=O)s1. The Morgan fingerprint density at radius 1 is 1.05 bits per heavy atom. The monoisotopic (exact) mass is 316 g/mol. The number of halogens is 1. The maximum absolute atomic E-state index is 12.3. The second-order valence-electron chi connectivity index (χ2n) is 4.26. The fourth-order valence-electron chi connectivity index (χ4n) is 1.83. The Labute approximate surface area is 129 Å². The van der Waals surface area contributed by atoms with Gasteiger partial charge in [0.15, 0.2) is 5.01 Å². The summed E-state index contributed by atoms with van der Waals surface area (Å²) in [5.74, 6) is -0.288. The van der Waals surface area contributed by atoms with Crippen LogP contribution in [0.15, 0.2) is 59.4 Å². The number of carbonyl (C=O) groups is 1. The first kappa shape index (κ1) is 13.7. The van der Waals surface area contributed by atoms with Crippen LogP contribution in [0.4, 0.5) is 0 Å². The maximum Gasteiger partial charge on any atom is 0.330 e. The minimum Gasteiger partial charge on any atom is -0.286 e. The minimum atomic E-state index is -0.293. The fourth-order valence-corrected chi connectivity index (χ4v) is 2.68. The van der Waals surface area contributed by atoms with Gasteiger partial charge in [-0.2, -0.15) is 4.68 Å². The van der Waals surface area contributed by atoms with Crippen molar-refractivity contribution >= 4 is 28.7 Å². The van der Waals surface area contributed by atoms with E-state index in [-0.39, 0.29) is 15.7 Å². The molecule has 0 aliphatic rings. The quantitative estimate of drug-likeness (QED) is 0.697. The Morgan fingerprint density at radius 3 is 2.38 bits per heavy atom. The highest BCUT2D eigenvalue weighted by Gasteiger charge is 2.16. The van der Waals surface area contributed by atoms with Gasteiger partial charge in [-0.05, 0) is 47.7 Å². The van der Waals surface area contributed by atoms with E-state index in [1.165, 1.54) is 4.68 Å². The Balaban J connectivity index is 1.99. The molecular formula is C15H9ClN2O2S. The number of carbonyl (C=O) groups excluding carboxylic acids is 1. The molecular weight excluding hydrogens is 308 g/mol. The van der Waals surface area contributed by atoms with Crippen LogP contribution < -0.4 is 4.87 Å². The topological polar surface area (TPSA) is 52.0 Å². The standard InChI is InChI=1S/C15H9ClN2O2S/c16-11-8-6-10(7-9-11)13(19)14-17-18(15(20)21-14)12-4-2-1-3-5-12/h1-9H. The van der Waals surface area contributed by atoms with Crippen molar-refractivity contribution in [3.05, 3.63) is 79.9 Å². The van der Waals surface area contributed by atoms with Crippen LogP contribution in [0.5, 0.6) is 0 Å². The largest absolute Gasteiger partial charge is 0.330 e. The molecule has 2 aromatic carbocycles. The molecule has 1 heterocycles. The van der Waals surface area contributed by atoms with Gasteiger partial charge >= 0.3 is 4.87 Å². The fraction of sp³-hybridized carbons (Fsp3) is 0. The Hall–Kier alpha value is -2.24. The van der Waals surface area contributed by atoms with Gasteiger partial charge in [-0.1, -0.05) is 29.8 Å². The van der Waals surface area contributed by atoms with Crippen molar-refractivity contribution in [3.8, 4) is 5.69 Å². The highest BCUT2D eigenvalue weighted by Crippen LogP contribution is 2.15. The molecule has 0 amide bonds. The normalized spacial score (nSPS) is 10.5. The third-order valence-electron chi connectivity index (χ3n) is 2.85. The van der Waals surface area contributed by atoms with Crippen LogP contribution in [0.1, 0.15) is 15.4 Å². The number of hydrogen-bond acceptors (Lipinski definition) is 4. The average molecular weight is 317 g/mol. The third kappa shape index (κ3) is 2.79. The lowest BCUT2D eigenvalue weighted by atomic mass is 10.1. The zero-order valence-corrected chi connectivity index (χ0v) is 12.3. The lowest BCUT2D eigenvalue weighted by molar-refractivity contribution is 0.103. The third-order valence-corrected chi connectivity index (χ3v) is 3.91. The van der Waals surface area contributed by atoms with E-state index in [1.54, 1.807) is 36.4 Å². The highest BCUT2D eigenvalue weighted by molar-refractivity contribution is 7.11. The number of nitrogens with zero attached hydrogens (tertiary/aromatic N) is 2. The number of para-hydroxylation sites is 1. The molecule has 0 atom stereocenters. The molecule has 0 N–H and O–H groups in total. The van der Waals surface area contributed by atoms with Crippen LogP contribution in [-0.2, 0) is 0 Å². The van der Waals surface area contributed by atoms with Crippen LogP contribution in [0.25, 0.3) is 5.69 Å². The van der Waals surface area contributed by atoms with Gasteiger partial charge in [0.2, 0.25) is 5.78 Å². The molecule has 0 spiro atoms. The summed E-state index contributed by atoms with van der Waals surface area (Å²) in [6, 6.07) is 15.5. The van der Waals surface area contributed by atoms with Crippen molar-refractivity contribution in [1.82, 2.24) is 9.78 Å². The lowest BCUT2D eigenvalue weighted by Crippen LogP contribution is -2.12. The summed E-state index contributed by atoms with van der Waals surface area (Å²) in [6.45, 7) is 0. The molecule has 6 heteroatoms. The number of rotatable bonds is 3. The molecule has 4 nitrogen and oxygen atoms in total. The summed E-state index contributed by atoms with van der Waals surface area (Å²) in [5, 5.41) is 4.83. The number of ketones is 1. The summed E-state index contributed by atoms with van der Waals surface area (Å²) in [4.78, 5) is 24.0. The molecule has 0 fully saturated rings. The summed E-state index contributed by atoms with van der Waals surface area (Å²) in [7, 11) is 0. The van der Waals surface area contributed by atoms with Crippen molar-refractivity contribution in [2.45, 2.75) is 0 Å². The van der Waals surface area contributed by atoms with E-state index >= 15 is 0 Å². The first-order valence-corrected chi connectivity index (χ1v) is 7.30. The molecule has 0 bridgehead atoms. The Morgan fingerprint density at radius 2 is 1.71 bits per heavy atom. The Bertz CT molecular complexity index is 838. The van der Waals surface area contributed by atoms with Gasteiger partial charge in [-0.15, -0.1) is 5.10 Å². The predicted octanol–water partition coefficient (Wildman–Crippen LogP) is 3.18. The van der Waals surface area contributed by atoms with Crippen molar-refractivity contribution in [3.63, 3.8) is 0 Å². The van der Waals surface area contributed by atoms with Crippen LogP contribution >= 0.6 is 22.9 Å². The van der Waals surface area contributed by atoms with Crippen LogP contribution in [0.2, 0.25) is 5.02 Å². The van der Waals surface area contributed by atoms with E-state index in [9.17, 15) is 9.59 Å². The van der Waals surface area contributed by atoms with Crippen molar-refractivity contribution in [2.75, 3.05) is 0 Å². The van der Waals surface area contributed by atoms with Gasteiger partial charge in [0.05, 0.1) is 5.69 Å². The first-order valence-electron chi connectivity index (χ1n) is 6.11. The highest BCUT2D eigenvalue weighted by atomic mass is 35.5.